The monoisotopic (exact) mass is 484 g/mol. The number of nitrogens with zero attached hydrogens (tertiary/aromatic N) is 3. The number of ether oxygens (including phenoxy) is 2. The Labute approximate surface area is 199 Å². The van der Waals surface area contributed by atoms with Crippen LogP contribution in [0.15, 0.2) is 72.0 Å². The first-order valence-electron chi connectivity index (χ1n) is 10.1. The maximum Gasteiger partial charge on any atom is 0.261 e. The van der Waals surface area contributed by atoms with E-state index in [1.807, 2.05) is 22.9 Å². The lowest BCUT2D eigenvalue weighted by atomic mass is 10.2. The first kappa shape index (κ1) is 22.8. The number of carbonyl (C=O) groups excluding carboxylic acids is 1. The summed E-state index contributed by atoms with van der Waals surface area (Å²) in [6.45, 7) is 1.03. The summed E-state index contributed by atoms with van der Waals surface area (Å²) in [6.07, 6.45) is 5.17. The van der Waals surface area contributed by atoms with Gasteiger partial charge >= 0.3 is 0 Å². The molecular weight excluding hydrogens is 464 g/mol. The SMILES string of the molecule is COCCOc1cc(-n2ccccc2=O)ccc1-n1cnc(CNC(=O)c2ccc(Cl)s2)c1. The van der Waals surface area contributed by atoms with E-state index in [2.05, 4.69) is 10.3 Å². The number of rotatable bonds is 9. The molecule has 0 atom stereocenters. The first-order chi connectivity index (χ1) is 16.0. The van der Waals surface area contributed by atoms with Crippen LogP contribution >= 0.6 is 22.9 Å². The van der Waals surface area contributed by atoms with Gasteiger partial charge < -0.3 is 19.4 Å². The van der Waals surface area contributed by atoms with Gasteiger partial charge in [0.25, 0.3) is 11.5 Å². The van der Waals surface area contributed by atoms with Gasteiger partial charge in [-0.15, -0.1) is 11.3 Å². The lowest BCUT2D eigenvalue weighted by Gasteiger charge is -2.14. The second-order valence-electron chi connectivity index (χ2n) is 6.96. The van der Waals surface area contributed by atoms with Gasteiger partial charge in [0.2, 0.25) is 0 Å². The Kier molecular flexibility index (Phi) is 7.23. The van der Waals surface area contributed by atoms with E-state index < -0.39 is 0 Å². The van der Waals surface area contributed by atoms with E-state index in [1.54, 1.807) is 54.5 Å². The fourth-order valence-corrected chi connectivity index (χ4v) is 4.10. The summed E-state index contributed by atoms with van der Waals surface area (Å²) in [5, 5.41) is 2.84. The number of thiophene rings is 1. The van der Waals surface area contributed by atoms with E-state index in [0.29, 0.717) is 39.6 Å². The molecule has 0 radical (unpaired) electrons. The maximum atomic E-state index is 12.3. The topological polar surface area (TPSA) is 87.4 Å². The summed E-state index contributed by atoms with van der Waals surface area (Å²) in [6, 6.07) is 13.9. The fraction of sp³-hybridized carbons (Fsp3) is 0.174. The normalized spacial score (nSPS) is 10.8. The second-order valence-corrected chi connectivity index (χ2v) is 8.68. The zero-order valence-corrected chi connectivity index (χ0v) is 19.3. The minimum absolute atomic E-state index is 0.138. The Morgan fingerprint density at radius 1 is 1.18 bits per heavy atom. The Bertz CT molecular complexity index is 1310. The number of methoxy groups -OCH3 is 1. The van der Waals surface area contributed by atoms with Crippen molar-refractivity contribution < 1.29 is 14.3 Å². The van der Waals surface area contributed by atoms with Gasteiger partial charge in [0.1, 0.15) is 12.4 Å². The third-order valence-electron chi connectivity index (χ3n) is 4.73. The zero-order chi connectivity index (χ0) is 23.2. The number of benzene rings is 1. The molecule has 0 aliphatic rings. The number of imidazole rings is 1. The minimum atomic E-state index is -0.206. The zero-order valence-electron chi connectivity index (χ0n) is 17.7. The van der Waals surface area contributed by atoms with Gasteiger partial charge in [-0.1, -0.05) is 17.7 Å². The molecule has 33 heavy (non-hydrogen) atoms. The van der Waals surface area contributed by atoms with Gasteiger partial charge in [-0.05, 0) is 30.3 Å². The molecule has 0 aliphatic heterocycles. The highest BCUT2D eigenvalue weighted by molar-refractivity contribution is 7.17. The first-order valence-corrected chi connectivity index (χ1v) is 11.3. The van der Waals surface area contributed by atoms with E-state index in [4.69, 9.17) is 21.1 Å². The summed E-state index contributed by atoms with van der Waals surface area (Å²) >= 11 is 7.12. The molecule has 0 saturated carbocycles. The smallest absolute Gasteiger partial charge is 0.261 e. The van der Waals surface area contributed by atoms with E-state index in [-0.39, 0.29) is 18.0 Å². The quantitative estimate of drug-likeness (QED) is 0.366. The number of aromatic nitrogens is 3. The van der Waals surface area contributed by atoms with E-state index in [1.165, 1.54) is 17.4 Å². The van der Waals surface area contributed by atoms with Crippen molar-refractivity contribution >= 4 is 28.8 Å². The summed E-state index contributed by atoms with van der Waals surface area (Å²) in [5.74, 6) is 0.365. The standard InChI is InChI=1S/C23H21ClN4O4S/c1-31-10-11-32-19-12-17(28-9-3-2-4-22(28)29)5-6-18(19)27-14-16(26-15-27)13-25-23(30)20-7-8-21(24)33-20/h2-9,12,14-15H,10-11,13H2,1H3,(H,25,30). The largest absolute Gasteiger partial charge is 0.489 e. The van der Waals surface area contributed by atoms with Crippen LogP contribution in [0.4, 0.5) is 0 Å². The summed E-state index contributed by atoms with van der Waals surface area (Å²) < 4.78 is 14.9. The Morgan fingerprint density at radius 3 is 2.82 bits per heavy atom. The van der Waals surface area contributed by atoms with Crippen molar-refractivity contribution in [2.24, 2.45) is 0 Å². The average Bonchev–Trinajstić information content (AvgIpc) is 3.47. The van der Waals surface area contributed by atoms with Crippen LogP contribution in [0, 0.1) is 0 Å². The van der Waals surface area contributed by atoms with E-state index >= 15 is 0 Å². The molecule has 170 valence electrons. The molecule has 3 aromatic heterocycles. The van der Waals surface area contributed by atoms with E-state index in [9.17, 15) is 9.59 Å². The summed E-state index contributed by atoms with van der Waals surface area (Å²) in [7, 11) is 1.60. The number of nitrogens with one attached hydrogen (secondary N) is 1. The van der Waals surface area contributed by atoms with Crippen LogP contribution in [-0.4, -0.2) is 40.3 Å². The van der Waals surface area contributed by atoms with Crippen LogP contribution in [0.1, 0.15) is 15.4 Å². The van der Waals surface area contributed by atoms with Gasteiger partial charge in [-0.2, -0.15) is 0 Å². The number of hydrogen-bond acceptors (Lipinski definition) is 6. The van der Waals surface area contributed by atoms with Gasteiger partial charge in [0.05, 0.1) is 45.8 Å². The minimum Gasteiger partial charge on any atom is -0.489 e. The molecule has 4 rings (SSSR count). The molecule has 4 aromatic rings. The molecule has 8 nitrogen and oxygen atoms in total. The van der Waals surface area contributed by atoms with Crippen LogP contribution in [0.2, 0.25) is 4.34 Å². The Morgan fingerprint density at radius 2 is 2.06 bits per heavy atom. The molecular formula is C23H21ClN4O4S. The summed E-state index contributed by atoms with van der Waals surface area (Å²) in [4.78, 5) is 29.4. The highest BCUT2D eigenvalue weighted by Gasteiger charge is 2.12. The van der Waals surface area contributed by atoms with Crippen molar-refractivity contribution in [2.45, 2.75) is 6.54 Å². The highest BCUT2D eigenvalue weighted by Crippen LogP contribution is 2.26. The molecule has 1 N–H and O–H groups in total. The van der Waals surface area contributed by atoms with Gasteiger partial charge in [0, 0.05) is 31.6 Å². The Balaban J connectivity index is 1.56. The van der Waals surface area contributed by atoms with Gasteiger partial charge in [-0.25, -0.2) is 4.98 Å². The number of amides is 1. The number of pyridine rings is 1. The molecule has 0 aliphatic carbocycles. The van der Waals surface area contributed by atoms with Crippen molar-refractivity contribution in [3.05, 3.63) is 92.5 Å². The van der Waals surface area contributed by atoms with Crippen molar-refractivity contribution in [3.8, 4) is 17.1 Å². The molecule has 1 amide bonds. The third-order valence-corrected chi connectivity index (χ3v) is 5.96. The van der Waals surface area contributed by atoms with Crippen molar-refractivity contribution in [1.29, 1.82) is 0 Å². The van der Waals surface area contributed by atoms with Crippen molar-refractivity contribution in [2.75, 3.05) is 20.3 Å². The number of halogens is 1. The highest BCUT2D eigenvalue weighted by atomic mass is 35.5. The number of carbonyl (C=O) groups is 1. The molecule has 1 aromatic carbocycles. The van der Waals surface area contributed by atoms with Crippen LogP contribution in [0.25, 0.3) is 11.4 Å². The molecule has 10 heteroatoms. The van der Waals surface area contributed by atoms with Crippen LogP contribution in [0.5, 0.6) is 5.75 Å². The maximum absolute atomic E-state index is 12.3. The van der Waals surface area contributed by atoms with Crippen LogP contribution < -0.4 is 15.6 Å². The molecule has 0 unspecified atom stereocenters. The van der Waals surface area contributed by atoms with Crippen LogP contribution in [0.3, 0.4) is 0 Å². The van der Waals surface area contributed by atoms with Crippen molar-refractivity contribution in [1.82, 2.24) is 19.4 Å². The predicted octanol–water partition coefficient (Wildman–Crippen LogP) is 3.69. The molecule has 0 bridgehead atoms. The van der Waals surface area contributed by atoms with E-state index in [0.717, 1.165) is 5.69 Å². The number of hydrogen-bond donors (Lipinski definition) is 1. The molecule has 3 heterocycles. The third kappa shape index (κ3) is 5.51. The fourth-order valence-electron chi connectivity index (χ4n) is 3.14. The molecule has 0 spiro atoms. The average molecular weight is 485 g/mol. The molecule has 0 saturated heterocycles. The lowest BCUT2D eigenvalue weighted by Crippen LogP contribution is -2.21. The van der Waals surface area contributed by atoms with Gasteiger partial charge in [-0.3, -0.25) is 14.2 Å². The lowest BCUT2D eigenvalue weighted by molar-refractivity contribution is 0.0954. The van der Waals surface area contributed by atoms with Gasteiger partial charge in [0.15, 0.2) is 0 Å². The van der Waals surface area contributed by atoms with Crippen LogP contribution in [-0.2, 0) is 11.3 Å². The second kappa shape index (κ2) is 10.5. The Hall–Kier alpha value is -3.40. The van der Waals surface area contributed by atoms with Crippen molar-refractivity contribution in [3.63, 3.8) is 0 Å². The summed E-state index contributed by atoms with van der Waals surface area (Å²) in [5.41, 5.74) is 1.96. The predicted molar refractivity (Wildman–Crippen MR) is 127 cm³/mol. The molecule has 0 fully saturated rings.